The Labute approximate surface area is 190 Å². The molecular formula is C25H26FN3O4. The Morgan fingerprint density at radius 3 is 2.76 bits per heavy atom. The highest BCUT2D eigenvalue weighted by Gasteiger charge is 2.39. The highest BCUT2D eigenvalue weighted by atomic mass is 19.1. The van der Waals surface area contributed by atoms with E-state index in [1.165, 1.54) is 12.1 Å². The normalized spacial score (nSPS) is 19.0. The third-order valence-electron chi connectivity index (χ3n) is 6.48. The lowest BCUT2D eigenvalue weighted by Crippen LogP contribution is -2.29. The van der Waals surface area contributed by atoms with Crippen LogP contribution in [0.15, 0.2) is 42.6 Å². The summed E-state index contributed by atoms with van der Waals surface area (Å²) in [6, 6.07) is 10.5. The van der Waals surface area contributed by atoms with E-state index in [1.807, 2.05) is 0 Å². The number of carboxylic acids is 1. The molecule has 8 heteroatoms. The topological polar surface area (TPSA) is 89.4 Å². The molecule has 0 amide bonds. The summed E-state index contributed by atoms with van der Waals surface area (Å²) < 4.78 is 27.2. The molecule has 33 heavy (non-hydrogen) atoms. The summed E-state index contributed by atoms with van der Waals surface area (Å²) in [6.07, 6.45) is 1.32. The van der Waals surface area contributed by atoms with Crippen LogP contribution in [0.2, 0.25) is 0 Å². The molecule has 172 valence electrons. The van der Waals surface area contributed by atoms with E-state index < -0.39 is 17.5 Å². The van der Waals surface area contributed by atoms with Crippen LogP contribution in [-0.4, -0.2) is 52.3 Å². The molecule has 0 radical (unpaired) electrons. The molecule has 4 aromatic rings. The molecule has 0 aliphatic carbocycles. The predicted octanol–water partition coefficient (Wildman–Crippen LogP) is 4.53. The molecule has 0 bridgehead atoms. The Bertz CT molecular complexity index is 1340. The van der Waals surface area contributed by atoms with Crippen molar-refractivity contribution in [3.63, 3.8) is 0 Å². The number of rotatable bonds is 6. The molecule has 3 heterocycles. The lowest BCUT2D eigenvalue weighted by molar-refractivity contribution is -0.147. The van der Waals surface area contributed by atoms with Crippen LogP contribution in [0.4, 0.5) is 4.39 Å². The van der Waals surface area contributed by atoms with E-state index in [0.717, 1.165) is 38.8 Å². The van der Waals surface area contributed by atoms with Crippen molar-refractivity contribution >= 4 is 27.8 Å². The largest absolute Gasteiger partial charge is 0.479 e. The highest BCUT2D eigenvalue weighted by Crippen LogP contribution is 2.45. The van der Waals surface area contributed by atoms with Crippen molar-refractivity contribution in [2.24, 2.45) is 0 Å². The average molecular weight is 451 g/mol. The number of ether oxygens (including phenoxy) is 2. The zero-order valence-electron chi connectivity index (χ0n) is 18.8. The smallest absolute Gasteiger partial charge is 0.332 e. The number of hydrogen-bond acceptors (Lipinski definition) is 4. The number of H-pyrrole nitrogens is 1. The van der Waals surface area contributed by atoms with Crippen LogP contribution in [-0.2, 0) is 19.7 Å². The van der Waals surface area contributed by atoms with E-state index in [4.69, 9.17) is 9.47 Å². The van der Waals surface area contributed by atoms with Gasteiger partial charge in [-0.15, -0.1) is 0 Å². The number of halogens is 1. The molecule has 1 aliphatic rings. The second-order valence-corrected chi connectivity index (χ2v) is 9.31. The lowest BCUT2D eigenvalue weighted by Gasteiger charge is -2.29. The average Bonchev–Trinajstić information content (AvgIpc) is 3.49. The number of carbonyl (C=O) groups is 1. The van der Waals surface area contributed by atoms with Crippen molar-refractivity contribution < 1.29 is 23.8 Å². The van der Waals surface area contributed by atoms with Crippen molar-refractivity contribution in [1.29, 1.82) is 0 Å². The molecule has 0 spiro atoms. The summed E-state index contributed by atoms with van der Waals surface area (Å²) in [7, 11) is 1.67. The summed E-state index contributed by atoms with van der Waals surface area (Å²) in [4.78, 5) is 11.6. The minimum atomic E-state index is -0.951. The van der Waals surface area contributed by atoms with Gasteiger partial charge in [0.2, 0.25) is 0 Å². The summed E-state index contributed by atoms with van der Waals surface area (Å²) in [6.45, 7) is 4.97. The molecule has 0 saturated carbocycles. The number of fused-ring (bicyclic) bond motifs is 2. The van der Waals surface area contributed by atoms with Crippen LogP contribution in [0.3, 0.4) is 0 Å². The summed E-state index contributed by atoms with van der Waals surface area (Å²) in [5, 5.41) is 18.7. The molecule has 1 fully saturated rings. The molecule has 2 atom stereocenters. The van der Waals surface area contributed by atoms with E-state index in [2.05, 4.69) is 40.7 Å². The van der Waals surface area contributed by atoms with Crippen LogP contribution in [0, 0.1) is 5.82 Å². The molecule has 1 aliphatic heterocycles. The van der Waals surface area contributed by atoms with Gasteiger partial charge in [-0.1, -0.05) is 13.8 Å². The maximum atomic E-state index is 13.8. The lowest BCUT2D eigenvalue weighted by atomic mass is 9.82. The number of methoxy groups -OCH3 is 1. The Morgan fingerprint density at radius 1 is 1.33 bits per heavy atom. The van der Waals surface area contributed by atoms with E-state index >= 15 is 0 Å². The maximum absolute atomic E-state index is 13.8. The first-order chi connectivity index (χ1) is 15.8. The zero-order valence-corrected chi connectivity index (χ0v) is 18.8. The quantitative estimate of drug-likeness (QED) is 0.450. The van der Waals surface area contributed by atoms with Crippen molar-refractivity contribution in [3.05, 3.63) is 59.7 Å². The van der Waals surface area contributed by atoms with Gasteiger partial charge < -0.3 is 19.1 Å². The standard InChI is InChI=1S/C25H26FN3O4/c1-25(2,13-32-3)23-22(15-9-21(24(30)31)33-12-15)18-10-19-14(11-27-28-19)8-20(18)29(23)17-6-4-16(26)5-7-17/h4-8,10-11,15,21H,9,12-13H2,1-3H3,(H,27,28)(H,30,31)/t15-,21+/m0/s1. The first kappa shape index (κ1) is 21.6. The fourth-order valence-electron chi connectivity index (χ4n) is 5.12. The molecule has 5 rings (SSSR count). The van der Waals surface area contributed by atoms with Crippen LogP contribution in [0.5, 0.6) is 0 Å². The third-order valence-corrected chi connectivity index (χ3v) is 6.48. The fourth-order valence-corrected chi connectivity index (χ4v) is 5.12. The molecule has 2 N–H and O–H groups in total. The molecule has 2 aromatic heterocycles. The Hall–Kier alpha value is -3.23. The second-order valence-electron chi connectivity index (χ2n) is 9.31. The molecule has 1 saturated heterocycles. The first-order valence-electron chi connectivity index (χ1n) is 10.9. The van der Waals surface area contributed by atoms with Gasteiger partial charge in [-0.05, 0) is 48.4 Å². The molecule has 0 unspecified atom stereocenters. The van der Waals surface area contributed by atoms with Gasteiger partial charge >= 0.3 is 5.97 Å². The van der Waals surface area contributed by atoms with Gasteiger partial charge in [-0.3, -0.25) is 5.10 Å². The number of hydrogen-bond donors (Lipinski definition) is 2. The van der Waals surface area contributed by atoms with E-state index in [9.17, 15) is 14.3 Å². The molecular weight excluding hydrogens is 425 g/mol. The van der Waals surface area contributed by atoms with Crippen LogP contribution >= 0.6 is 0 Å². The Balaban J connectivity index is 1.86. The third kappa shape index (κ3) is 3.59. The minimum Gasteiger partial charge on any atom is -0.479 e. The number of aromatic amines is 1. The zero-order chi connectivity index (χ0) is 23.3. The van der Waals surface area contributed by atoms with Crippen LogP contribution in [0.25, 0.3) is 27.5 Å². The van der Waals surface area contributed by atoms with Crippen molar-refractivity contribution in [1.82, 2.24) is 14.8 Å². The Kier molecular flexibility index (Phi) is 5.22. The number of nitrogens with zero attached hydrogens (tertiary/aromatic N) is 2. The van der Waals surface area contributed by atoms with Crippen LogP contribution < -0.4 is 0 Å². The van der Waals surface area contributed by atoms with E-state index in [0.29, 0.717) is 19.6 Å². The number of aromatic nitrogens is 3. The second kappa shape index (κ2) is 7.97. The van der Waals surface area contributed by atoms with Gasteiger partial charge in [-0.25, -0.2) is 9.18 Å². The molecule has 7 nitrogen and oxygen atoms in total. The van der Waals surface area contributed by atoms with E-state index in [-0.39, 0.29) is 11.7 Å². The SMILES string of the molecule is COCC(C)(C)c1c([C@@H]2CO[C@@H](C(=O)O)C2)c2cc3[nH]ncc3cc2n1-c1ccc(F)cc1. The fraction of sp³-hybridized carbons (Fsp3) is 0.360. The predicted molar refractivity (Wildman–Crippen MR) is 123 cm³/mol. The minimum absolute atomic E-state index is 0.109. The Morgan fingerprint density at radius 2 is 2.09 bits per heavy atom. The van der Waals surface area contributed by atoms with Gasteiger partial charge in [-0.2, -0.15) is 5.10 Å². The first-order valence-corrected chi connectivity index (χ1v) is 10.9. The van der Waals surface area contributed by atoms with Gasteiger partial charge in [0.1, 0.15) is 5.82 Å². The molecule has 2 aromatic carbocycles. The monoisotopic (exact) mass is 451 g/mol. The maximum Gasteiger partial charge on any atom is 0.332 e. The summed E-state index contributed by atoms with van der Waals surface area (Å²) in [5.41, 5.74) is 4.28. The van der Waals surface area contributed by atoms with Gasteiger partial charge in [0.25, 0.3) is 0 Å². The number of nitrogens with one attached hydrogen (secondary N) is 1. The van der Waals surface area contributed by atoms with Crippen molar-refractivity contribution in [3.8, 4) is 5.69 Å². The summed E-state index contributed by atoms with van der Waals surface area (Å²) in [5.74, 6) is -1.37. The number of benzene rings is 2. The van der Waals surface area contributed by atoms with Crippen molar-refractivity contribution in [2.75, 3.05) is 20.3 Å². The van der Waals surface area contributed by atoms with Gasteiger partial charge in [0.15, 0.2) is 6.10 Å². The van der Waals surface area contributed by atoms with Crippen LogP contribution in [0.1, 0.15) is 37.4 Å². The van der Waals surface area contributed by atoms with Gasteiger partial charge in [0.05, 0.1) is 30.4 Å². The van der Waals surface area contributed by atoms with E-state index in [1.54, 1.807) is 25.4 Å². The number of carboxylic acid groups (broad SMARTS) is 1. The van der Waals surface area contributed by atoms with Crippen molar-refractivity contribution in [2.45, 2.75) is 37.7 Å². The highest BCUT2D eigenvalue weighted by molar-refractivity contribution is 5.99. The van der Waals surface area contributed by atoms with Gasteiger partial charge in [0, 0.05) is 40.6 Å². The summed E-state index contributed by atoms with van der Waals surface area (Å²) >= 11 is 0. The number of aliphatic carboxylic acids is 1.